The molecule has 0 aliphatic rings. The molecule has 5 rings (SSSR count). The highest BCUT2D eigenvalue weighted by Crippen LogP contribution is 2.39. The van der Waals surface area contributed by atoms with Crippen molar-refractivity contribution in [2.75, 3.05) is 0 Å². The molecule has 0 bridgehead atoms. The first-order valence-electron chi connectivity index (χ1n) is 7.48. The van der Waals surface area contributed by atoms with Crippen molar-refractivity contribution in [3.05, 3.63) is 47.9 Å². The first-order valence-corrected chi connectivity index (χ1v) is 8.29. The quantitative estimate of drug-likeness (QED) is 0.392. The van der Waals surface area contributed by atoms with Gasteiger partial charge >= 0.3 is 6.18 Å². The summed E-state index contributed by atoms with van der Waals surface area (Å²) in [7, 11) is 0. The maximum atomic E-state index is 13.7. The van der Waals surface area contributed by atoms with Crippen molar-refractivity contribution in [2.24, 2.45) is 0 Å². The zero-order valence-corrected chi connectivity index (χ0v) is 13.6. The van der Waals surface area contributed by atoms with Gasteiger partial charge in [0.25, 0.3) is 0 Å². The highest BCUT2D eigenvalue weighted by atomic mass is 32.1. The summed E-state index contributed by atoms with van der Waals surface area (Å²) in [6.07, 6.45) is -4.59. The van der Waals surface area contributed by atoms with Crippen molar-refractivity contribution < 1.29 is 13.2 Å². The number of nitrogens with zero attached hydrogens (tertiary/aromatic N) is 4. The van der Waals surface area contributed by atoms with E-state index in [9.17, 15) is 13.2 Å². The van der Waals surface area contributed by atoms with E-state index in [-0.39, 0.29) is 5.65 Å². The van der Waals surface area contributed by atoms with Crippen molar-refractivity contribution in [1.82, 2.24) is 19.4 Å². The SMILES string of the molecule is Cc1ccc2c(n1)sc1c2nc(C(F)(F)F)n2c3ccccc3nc12. The van der Waals surface area contributed by atoms with Crippen molar-refractivity contribution in [1.29, 1.82) is 0 Å². The topological polar surface area (TPSA) is 43.1 Å². The highest BCUT2D eigenvalue weighted by molar-refractivity contribution is 7.26. The summed E-state index contributed by atoms with van der Waals surface area (Å²) in [5.74, 6) is -0.969. The second kappa shape index (κ2) is 4.66. The largest absolute Gasteiger partial charge is 0.450 e. The minimum absolute atomic E-state index is 0.263. The van der Waals surface area contributed by atoms with E-state index in [0.29, 0.717) is 31.5 Å². The molecule has 8 heteroatoms. The molecule has 0 aliphatic heterocycles. The number of alkyl halides is 3. The van der Waals surface area contributed by atoms with E-state index in [4.69, 9.17) is 0 Å². The second-order valence-electron chi connectivity index (χ2n) is 5.78. The number of pyridine rings is 1. The Hall–Kier alpha value is -2.74. The first-order chi connectivity index (χ1) is 11.9. The Kier molecular flexibility index (Phi) is 2.72. The highest BCUT2D eigenvalue weighted by Gasteiger charge is 2.37. The van der Waals surface area contributed by atoms with E-state index in [2.05, 4.69) is 15.0 Å². The zero-order valence-electron chi connectivity index (χ0n) is 12.8. The molecule has 0 N–H and O–H groups in total. The Morgan fingerprint density at radius 3 is 2.60 bits per heavy atom. The van der Waals surface area contributed by atoms with Crippen molar-refractivity contribution >= 4 is 48.5 Å². The van der Waals surface area contributed by atoms with Crippen LogP contribution in [0, 0.1) is 6.92 Å². The average Bonchev–Trinajstić information content (AvgIpc) is 3.10. The van der Waals surface area contributed by atoms with Crippen LogP contribution in [0.1, 0.15) is 11.5 Å². The Morgan fingerprint density at radius 1 is 1.00 bits per heavy atom. The molecule has 25 heavy (non-hydrogen) atoms. The van der Waals surface area contributed by atoms with Gasteiger partial charge < -0.3 is 0 Å². The molecule has 4 heterocycles. The third kappa shape index (κ3) is 1.97. The molecular formula is C17H9F3N4S. The van der Waals surface area contributed by atoms with Crippen LogP contribution in [0.4, 0.5) is 13.2 Å². The van der Waals surface area contributed by atoms with Gasteiger partial charge in [-0.25, -0.2) is 15.0 Å². The summed E-state index contributed by atoms with van der Waals surface area (Å²) in [5, 5.41) is 0.616. The van der Waals surface area contributed by atoms with Gasteiger partial charge in [0.15, 0.2) is 5.65 Å². The van der Waals surface area contributed by atoms with Gasteiger partial charge in [0, 0.05) is 11.1 Å². The molecule has 1 aromatic carbocycles. The number of hydrogen-bond acceptors (Lipinski definition) is 4. The Labute approximate surface area is 142 Å². The van der Waals surface area contributed by atoms with Gasteiger partial charge in [0.1, 0.15) is 4.83 Å². The number of fused-ring (bicyclic) bond motifs is 7. The molecule has 0 atom stereocenters. The second-order valence-corrected chi connectivity index (χ2v) is 6.78. The molecule has 5 aromatic rings. The number of para-hydroxylation sites is 2. The maximum absolute atomic E-state index is 13.7. The Balaban J connectivity index is 2.09. The summed E-state index contributed by atoms with van der Waals surface area (Å²) in [6.45, 7) is 1.85. The molecule has 0 aliphatic carbocycles. The predicted molar refractivity (Wildman–Crippen MR) is 90.9 cm³/mol. The standard InChI is InChI=1S/C17H9F3N4S/c1-8-6-7-9-12-13(25-15(9)21-8)14-22-10-4-2-3-5-11(10)24(14)16(23-12)17(18,19)20/h2-7H,1H3. The predicted octanol–water partition coefficient (Wildman–Crippen LogP) is 4.97. The minimum atomic E-state index is -4.59. The van der Waals surface area contributed by atoms with Gasteiger partial charge in [-0.2, -0.15) is 13.2 Å². The Morgan fingerprint density at radius 2 is 1.80 bits per heavy atom. The van der Waals surface area contributed by atoms with Crippen LogP contribution in [0.5, 0.6) is 0 Å². The number of aromatic nitrogens is 4. The third-order valence-corrected chi connectivity index (χ3v) is 5.20. The van der Waals surface area contributed by atoms with E-state index in [1.165, 1.54) is 11.3 Å². The van der Waals surface area contributed by atoms with E-state index in [0.717, 1.165) is 10.1 Å². The van der Waals surface area contributed by atoms with Crippen LogP contribution in [-0.4, -0.2) is 19.4 Å². The first kappa shape index (κ1) is 14.6. The lowest BCUT2D eigenvalue weighted by Gasteiger charge is -2.09. The van der Waals surface area contributed by atoms with Crippen molar-refractivity contribution in [3.63, 3.8) is 0 Å². The van der Waals surface area contributed by atoms with E-state index >= 15 is 0 Å². The third-order valence-electron chi connectivity index (χ3n) is 4.12. The molecule has 4 nitrogen and oxygen atoms in total. The molecule has 0 spiro atoms. The fourth-order valence-electron chi connectivity index (χ4n) is 3.06. The molecule has 0 radical (unpaired) electrons. The van der Waals surface area contributed by atoms with Crippen LogP contribution in [0.2, 0.25) is 0 Å². The molecule has 4 aromatic heterocycles. The summed E-state index contributed by atoms with van der Waals surface area (Å²) >= 11 is 1.32. The van der Waals surface area contributed by atoms with Crippen LogP contribution >= 0.6 is 11.3 Å². The van der Waals surface area contributed by atoms with Crippen LogP contribution in [0.25, 0.3) is 37.1 Å². The maximum Gasteiger partial charge on any atom is 0.450 e. The van der Waals surface area contributed by atoms with Gasteiger partial charge in [0.05, 0.1) is 21.3 Å². The van der Waals surface area contributed by atoms with E-state index in [1.54, 1.807) is 36.4 Å². The number of benzene rings is 1. The fourth-order valence-corrected chi connectivity index (χ4v) is 4.20. The average molecular weight is 358 g/mol. The number of hydrogen-bond donors (Lipinski definition) is 0. The lowest BCUT2D eigenvalue weighted by molar-refractivity contribution is -0.145. The summed E-state index contributed by atoms with van der Waals surface area (Å²) < 4.78 is 42.8. The summed E-state index contributed by atoms with van der Waals surface area (Å²) in [4.78, 5) is 13.5. The molecule has 0 unspecified atom stereocenters. The fraction of sp³-hybridized carbons (Fsp3) is 0.118. The number of aryl methyl sites for hydroxylation is 1. The normalized spacial score (nSPS) is 12.8. The van der Waals surface area contributed by atoms with Gasteiger partial charge in [0.2, 0.25) is 5.82 Å². The number of imidazole rings is 1. The van der Waals surface area contributed by atoms with Crippen LogP contribution in [0.15, 0.2) is 36.4 Å². The van der Waals surface area contributed by atoms with E-state index < -0.39 is 12.0 Å². The van der Waals surface area contributed by atoms with Crippen LogP contribution < -0.4 is 0 Å². The summed E-state index contributed by atoms with van der Waals surface area (Å²) in [6, 6.07) is 10.3. The molecular weight excluding hydrogens is 349 g/mol. The molecule has 0 amide bonds. The summed E-state index contributed by atoms with van der Waals surface area (Å²) in [5.41, 5.74) is 2.26. The lowest BCUT2D eigenvalue weighted by Crippen LogP contribution is -2.14. The minimum Gasteiger partial charge on any atom is -0.271 e. The molecule has 0 saturated carbocycles. The molecule has 0 saturated heterocycles. The van der Waals surface area contributed by atoms with Gasteiger partial charge in [-0.05, 0) is 31.2 Å². The smallest absolute Gasteiger partial charge is 0.271 e. The van der Waals surface area contributed by atoms with Crippen molar-refractivity contribution in [2.45, 2.75) is 13.1 Å². The molecule has 0 fully saturated rings. The monoisotopic (exact) mass is 358 g/mol. The van der Waals surface area contributed by atoms with Crippen LogP contribution in [-0.2, 0) is 6.18 Å². The van der Waals surface area contributed by atoms with Crippen LogP contribution in [0.3, 0.4) is 0 Å². The lowest BCUT2D eigenvalue weighted by atomic mass is 10.2. The van der Waals surface area contributed by atoms with E-state index in [1.807, 2.05) is 6.92 Å². The van der Waals surface area contributed by atoms with Crippen molar-refractivity contribution in [3.8, 4) is 0 Å². The van der Waals surface area contributed by atoms with Gasteiger partial charge in [-0.15, -0.1) is 11.3 Å². The number of thiophene rings is 1. The Bertz CT molecular complexity index is 1300. The number of halogens is 3. The molecule has 124 valence electrons. The van der Waals surface area contributed by atoms with Gasteiger partial charge in [-0.1, -0.05) is 12.1 Å². The van der Waals surface area contributed by atoms with Gasteiger partial charge in [-0.3, -0.25) is 4.40 Å². The zero-order chi connectivity index (χ0) is 17.3. The number of rotatable bonds is 0.